The molecule has 0 aliphatic heterocycles. The quantitative estimate of drug-likeness (QED) is 0.758. The van der Waals surface area contributed by atoms with Crippen molar-refractivity contribution in [3.8, 4) is 5.75 Å². The minimum Gasteiger partial charge on any atom is -0.488 e. The van der Waals surface area contributed by atoms with Crippen LogP contribution in [0.5, 0.6) is 5.75 Å². The molecule has 0 aliphatic carbocycles. The summed E-state index contributed by atoms with van der Waals surface area (Å²) in [5.41, 5.74) is 2.83. The molecule has 0 spiro atoms. The average molecular weight is 346 g/mol. The highest BCUT2D eigenvalue weighted by atomic mass is 35.5. The Balaban J connectivity index is 1.75. The highest BCUT2D eigenvalue weighted by molar-refractivity contribution is 7.13. The summed E-state index contributed by atoms with van der Waals surface area (Å²) < 4.78 is 5.77. The number of nitrogens with zero attached hydrogens (tertiary/aromatic N) is 2. The van der Waals surface area contributed by atoms with Gasteiger partial charge in [0.1, 0.15) is 17.9 Å². The van der Waals surface area contributed by atoms with Crippen LogP contribution in [0.2, 0.25) is 5.02 Å². The molecular weight excluding hydrogens is 334 g/mol. The molecule has 1 N–H and O–H groups in total. The van der Waals surface area contributed by atoms with E-state index in [9.17, 15) is 4.79 Å². The zero-order valence-electron chi connectivity index (χ0n) is 11.9. The summed E-state index contributed by atoms with van der Waals surface area (Å²) in [5, 5.41) is 11.2. The van der Waals surface area contributed by atoms with Crippen LogP contribution in [0.4, 0.5) is 5.13 Å². The zero-order chi connectivity index (χ0) is 16.1. The van der Waals surface area contributed by atoms with Gasteiger partial charge in [-0.2, -0.15) is 0 Å². The first-order valence-corrected chi connectivity index (χ1v) is 8.02. The molecule has 5 nitrogen and oxygen atoms in total. The summed E-state index contributed by atoms with van der Waals surface area (Å²) in [6.07, 6.45) is 0. The summed E-state index contributed by atoms with van der Waals surface area (Å²) in [7, 11) is 0. The Morgan fingerprint density at radius 2 is 1.96 bits per heavy atom. The Kier molecular flexibility index (Phi) is 4.85. The highest BCUT2D eigenvalue weighted by Gasteiger charge is 2.14. The Labute approximate surface area is 141 Å². The normalized spacial score (nSPS) is 10.3. The number of hydrogen-bond acceptors (Lipinski definition) is 5. The first-order valence-electron chi connectivity index (χ1n) is 6.77. The molecule has 0 saturated heterocycles. The summed E-state index contributed by atoms with van der Waals surface area (Å²) in [4.78, 5) is 12.3. The number of aromatic nitrogens is 2. The summed E-state index contributed by atoms with van der Waals surface area (Å²) >= 11 is 7.37. The Morgan fingerprint density at radius 1 is 1.17 bits per heavy atom. The number of para-hydroxylation sites is 1. The second-order valence-corrected chi connectivity index (χ2v) is 5.81. The molecule has 0 bridgehead atoms. The molecule has 0 radical (unpaired) electrons. The van der Waals surface area contributed by atoms with E-state index in [0.717, 1.165) is 5.56 Å². The molecule has 3 rings (SSSR count). The number of carbonyl (C=O) groups excluding carboxylic acids is 1. The molecular formula is C16H12ClN3O2S. The van der Waals surface area contributed by atoms with Crippen molar-refractivity contribution >= 4 is 34.0 Å². The minimum atomic E-state index is -0.295. The number of carbonyl (C=O) groups is 1. The molecule has 1 aromatic heterocycles. The largest absolute Gasteiger partial charge is 0.488 e. The summed E-state index contributed by atoms with van der Waals surface area (Å²) in [5.74, 6) is 0.186. The van der Waals surface area contributed by atoms with E-state index in [2.05, 4.69) is 15.5 Å². The minimum absolute atomic E-state index is 0.281. The fourth-order valence-electron chi connectivity index (χ4n) is 1.94. The molecule has 3 aromatic rings. The van der Waals surface area contributed by atoms with Crippen molar-refractivity contribution in [2.75, 3.05) is 5.32 Å². The van der Waals surface area contributed by atoms with Crippen molar-refractivity contribution < 1.29 is 9.53 Å². The number of nitrogens with one attached hydrogen (secondary N) is 1. The number of benzene rings is 2. The second-order valence-electron chi connectivity index (χ2n) is 4.57. The molecule has 0 saturated carbocycles. The summed E-state index contributed by atoms with van der Waals surface area (Å²) in [6, 6.07) is 14.4. The fourth-order valence-corrected chi connectivity index (χ4v) is 2.57. The van der Waals surface area contributed by atoms with E-state index in [1.54, 1.807) is 29.8 Å². The lowest BCUT2D eigenvalue weighted by molar-refractivity contribution is 0.102. The van der Waals surface area contributed by atoms with Gasteiger partial charge in [0.25, 0.3) is 5.91 Å². The van der Waals surface area contributed by atoms with Crippen LogP contribution in [0, 0.1) is 0 Å². The van der Waals surface area contributed by atoms with E-state index in [0.29, 0.717) is 21.5 Å². The average Bonchev–Trinajstić information content (AvgIpc) is 3.07. The van der Waals surface area contributed by atoms with Gasteiger partial charge in [0.05, 0.1) is 5.56 Å². The molecule has 116 valence electrons. The molecule has 1 heterocycles. The predicted molar refractivity (Wildman–Crippen MR) is 90.1 cm³/mol. The van der Waals surface area contributed by atoms with Gasteiger partial charge in [-0.15, -0.1) is 10.2 Å². The van der Waals surface area contributed by atoms with Gasteiger partial charge in [0.2, 0.25) is 5.13 Å². The van der Waals surface area contributed by atoms with Crippen LogP contribution in [0.1, 0.15) is 15.9 Å². The third-order valence-electron chi connectivity index (χ3n) is 3.05. The Hall–Kier alpha value is -2.44. The SMILES string of the molecule is O=C(Nc1nncs1)c1ccccc1OCc1ccccc1Cl. The van der Waals surface area contributed by atoms with E-state index in [1.165, 1.54) is 11.3 Å². The number of hydrogen-bond donors (Lipinski definition) is 1. The lowest BCUT2D eigenvalue weighted by Crippen LogP contribution is -2.13. The van der Waals surface area contributed by atoms with Gasteiger partial charge >= 0.3 is 0 Å². The molecule has 1 amide bonds. The first-order chi connectivity index (χ1) is 11.2. The van der Waals surface area contributed by atoms with Gasteiger partial charge in [0, 0.05) is 10.6 Å². The summed E-state index contributed by atoms with van der Waals surface area (Å²) in [6.45, 7) is 0.281. The van der Waals surface area contributed by atoms with Crippen molar-refractivity contribution in [1.29, 1.82) is 0 Å². The first kappa shape index (κ1) is 15.5. The Bertz CT molecular complexity index is 809. The second kappa shape index (κ2) is 7.21. The molecule has 0 atom stereocenters. The maximum absolute atomic E-state index is 12.3. The van der Waals surface area contributed by atoms with Crippen LogP contribution >= 0.6 is 22.9 Å². The molecule has 7 heteroatoms. The van der Waals surface area contributed by atoms with Crippen molar-refractivity contribution in [2.45, 2.75) is 6.61 Å². The van der Waals surface area contributed by atoms with E-state index in [4.69, 9.17) is 16.3 Å². The zero-order valence-corrected chi connectivity index (χ0v) is 13.5. The number of rotatable bonds is 5. The van der Waals surface area contributed by atoms with Crippen LogP contribution in [0.25, 0.3) is 0 Å². The van der Waals surface area contributed by atoms with Gasteiger partial charge in [-0.3, -0.25) is 10.1 Å². The monoisotopic (exact) mass is 345 g/mol. The fraction of sp³-hybridized carbons (Fsp3) is 0.0625. The predicted octanol–water partition coefficient (Wildman–Crippen LogP) is 4.02. The van der Waals surface area contributed by atoms with Crippen LogP contribution in [-0.4, -0.2) is 16.1 Å². The van der Waals surface area contributed by atoms with Crippen molar-refractivity contribution in [2.24, 2.45) is 0 Å². The van der Waals surface area contributed by atoms with E-state index in [-0.39, 0.29) is 12.5 Å². The van der Waals surface area contributed by atoms with Crippen LogP contribution < -0.4 is 10.1 Å². The smallest absolute Gasteiger partial charge is 0.261 e. The Morgan fingerprint density at radius 3 is 2.74 bits per heavy atom. The van der Waals surface area contributed by atoms with Crippen LogP contribution in [0.3, 0.4) is 0 Å². The van der Waals surface area contributed by atoms with Gasteiger partial charge < -0.3 is 4.74 Å². The van der Waals surface area contributed by atoms with Crippen molar-refractivity contribution in [1.82, 2.24) is 10.2 Å². The highest BCUT2D eigenvalue weighted by Crippen LogP contribution is 2.23. The third kappa shape index (κ3) is 3.85. The maximum Gasteiger partial charge on any atom is 0.261 e. The van der Waals surface area contributed by atoms with Crippen LogP contribution in [-0.2, 0) is 6.61 Å². The van der Waals surface area contributed by atoms with Gasteiger partial charge in [-0.1, -0.05) is 53.3 Å². The topological polar surface area (TPSA) is 64.1 Å². The number of amides is 1. The maximum atomic E-state index is 12.3. The number of anilines is 1. The third-order valence-corrected chi connectivity index (χ3v) is 4.03. The number of halogens is 1. The number of ether oxygens (including phenoxy) is 1. The molecule has 0 unspecified atom stereocenters. The van der Waals surface area contributed by atoms with Crippen molar-refractivity contribution in [3.63, 3.8) is 0 Å². The van der Waals surface area contributed by atoms with Crippen LogP contribution in [0.15, 0.2) is 54.0 Å². The molecule has 23 heavy (non-hydrogen) atoms. The van der Waals surface area contributed by atoms with E-state index in [1.807, 2.05) is 24.3 Å². The lowest BCUT2D eigenvalue weighted by Gasteiger charge is -2.11. The molecule has 2 aromatic carbocycles. The standard InChI is InChI=1S/C16H12ClN3O2S/c17-13-7-3-1-5-11(13)9-22-14-8-4-2-6-12(14)15(21)19-16-20-18-10-23-16/h1-8,10H,9H2,(H,19,20,21). The van der Waals surface area contributed by atoms with Gasteiger partial charge in [-0.05, 0) is 18.2 Å². The molecule has 0 aliphatic rings. The molecule has 0 fully saturated rings. The van der Waals surface area contributed by atoms with E-state index < -0.39 is 0 Å². The van der Waals surface area contributed by atoms with Crippen molar-refractivity contribution in [3.05, 3.63) is 70.2 Å². The van der Waals surface area contributed by atoms with Gasteiger partial charge in [0.15, 0.2) is 0 Å². The van der Waals surface area contributed by atoms with Gasteiger partial charge in [-0.25, -0.2) is 0 Å². The van der Waals surface area contributed by atoms with E-state index >= 15 is 0 Å². The lowest BCUT2D eigenvalue weighted by atomic mass is 10.2.